The summed E-state index contributed by atoms with van der Waals surface area (Å²) in [5.41, 5.74) is 2.57. The molecule has 3 heterocycles. The van der Waals surface area contributed by atoms with E-state index >= 15 is 0 Å². The molecule has 1 saturated heterocycles. The molecule has 1 unspecified atom stereocenters. The number of benzene rings is 1. The molecule has 0 spiro atoms. The molecule has 28 heavy (non-hydrogen) atoms. The Morgan fingerprint density at radius 2 is 2.07 bits per heavy atom. The van der Waals surface area contributed by atoms with E-state index in [2.05, 4.69) is 10.1 Å². The average Bonchev–Trinajstić information content (AvgIpc) is 3.32. The molecule has 0 bridgehead atoms. The lowest BCUT2D eigenvalue weighted by molar-refractivity contribution is 0.413. The van der Waals surface area contributed by atoms with Crippen molar-refractivity contribution >= 4 is 9.84 Å². The minimum absolute atomic E-state index is 0.0896. The van der Waals surface area contributed by atoms with Gasteiger partial charge in [-0.05, 0) is 32.4 Å². The number of methoxy groups -OCH3 is 1. The van der Waals surface area contributed by atoms with Gasteiger partial charge < -0.3 is 4.74 Å². The lowest BCUT2D eigenvalue weighted by atomic mass is 10.1. The minimum atomic E-state index is -3.03. The fourth-order valence-corrected chi connectivity index (χ4v) is 5.58. The molecule has 0 amide bonds. The molecule has 2 aromatic heterocycles. The minimum Gasteiger partial charge on any atom is -0.496 e. The topological polar surface area (TPSA) is 79.0 Å². The SMILES string of the molecule is COc1cccc(F)c1-c1nccn1-c1c(C)nn(C2CCS(=O)(=O)C2)c1C. The summed E-state index contributed by atoms with van der Waals surface area (Å²) in [6.07, 6.45) is 3.88. The number of nitrogens with zero attached hydrogens (tertiary/aromatic N) is 4. The van der Waals surface area contributed by atoms with Crippen molar-refractivity contribution in [3.8, 4) is 22.8 Å². The van der Waals surface area contributed by atoms with E-state index in [9.17, 15) is 12.8 Å². The van der Waals surface area contributed by atoms with Gasteiger partial charge in [-0.1, -0.05) is 6.07 Å². The first-order valence-electron chi connectivity index (χ1n) is 8.95. The van der Waals surface area contributed by atoms with Crippen molar-refractivity contribution in [2.24, 2.45) is 0 Å². The Kier molecular flexibility index (Phi) is 4.49. The van der Waals surface area contributed by atoms with Crippen LogP contribution in [-0.4, -0.2) is 46.4 Å². The number of ether oxygens (including phenoxy) is 1. The molecule has 1 aliphatic rings. The molecule has 1 aliphatic heterocycles. The highest BCUT2D eigenvalue weighted by molar-refractivity contribution is 7.91. The summed E-state index contributed by atoms with van der Waals surface area (Å²) in [4.78, 5) is 4.35. The van der Waals surface area contributed by atoms with Gasteiger partial charge in [-0.25, -0.2) is 17.8 Å². The van der Waals surface area contributed by atoms with Crippen LogP contribution in [0.4, 0.5) is 4.39 Å². The predicted octanol–water partition coefficient (Wildman–Crippen LogP) is 2.86. The molecule has 3 aromatic rings. The Morgan fingerprint density at radius 3 is 2.75 bits per heavy atom. The van der Waals surface area contributed by atoms with Gasteiger partial charge in [0.25, 0.3) is 0 Å². The summed E-state index contributed by atoms with van der Waals surface area (Å²) in [7, 11) is -1.54. The highest BCUT2D eigenvalue weighted by Crippen LogP contribution is 2.35. The maximum atomic E-state index is 14.6. The highest BCUT2D eigenvalue weighted by atomic mass is 32.2. The molecule has 1 atom stereocenters. The maximum Gasteiger partial charge on any atom is 0.152 e. The quantitative estimate of drug-likeness (QED) is 0.668. The van der Waals surface area contributed by atoms with Crippen molar-refractivity contribution in [2.45, 2.75) is 26.3 Å². The average molecular weight is 404 g/mol. The van der Waals surface area contributed by atoms with Gasteiger partial charge in [0.1, 0.15) is 11.6 Å². The van der Waals surface area contributed by atoms with Gasteiger partial charge in [-0.3, -0.25) is 9.25 Å². The Balaban J connectivity index is 1.85. The molecular weight excluding hydrogens is 383 g/mol. The summed E-state index contributed by atoms with van der Waals surface area (Å²) in [5.74, 6) is 0.619. The van der Waals surface area contributed by atoms with Gasteiger partial charge in [0.15, 0.2) is 15.7 Å². The second-order valence-corrected chi connectivity index (χ2v) is 9.19. The van der Waals surface area contributed by atoms with E-state index in [4.69, 9.17) is 4.74 Å². The Hall–Kier alpha value is -2.68. The molecule has 0 N–H and O–H groups in total. The second kappa shape index (κ2) is 6.73. The highest BCUT2D eigenvalue weighted by Gasteiger charge is 2.32. The van der Waals surface area contributed by atoms with Gasteiger partial charge in [0.05, 0.1) is 47.3 Å². The molecule has 0 radical (unpaired) electrons. The van der Waals surface area contributed by atoms with Crippen LogP contribution in [0.25, 0.3) is 17.1 Å². The number of hydrogen-bond donors (Lipinski definition) is 0. The zero-order valence-corrected chi connectivity index (χ0v) is 16.7. The normalized spacial score (nSPS) is 18.5. The standard InChI is InChI=1S/C19H21FN4O3S/c1-12-18(13(2)24(22-12)14-7-10-28(25,26)11-14)23-9-8-21-19(23)17-15(20)5-4-6-16(17)27-3/h4-6,8-9,14H,7,10-11H2,1-3H3. The van der Waals surface area contributed by atoms with E-state index in [0.717, 1.165) is 17.1 Å². The van der Waals surface area contributed by atoms with Crippen LogP contribution in [0.2, 0.25) is 0 Å². The van der Waals surface area contributed by atoms with Crippen molar-refractivity contribution in [1.29, 1.82) is 0 Å². The lowest BCUT2D eigenvalue weighted by Crippen LogP contribution is -2.14. The van der Waals surface area contributed by atoms with E-state index in [1.54, 1.807) is 33.8 Å². The molecule has 1 aromatic carbocycles. The molecule has 4 rings (SSSR count). The first-order chi connectivity index (χ1) is 13.3. The summed E-state index contributed by atoms with van der Waals surface area (Å²) in [6, 6.07) is 4.44. The third-order valence-corrected chi connectivity index (χ3v) is 6.89. The van der Waals surface area contributed by atoms with Crippen LogP contribution >= 0.6 is 0 Å². The Bertz CT molecular complexity index is 1150. The fourth-order valence-electron chi connectivity index (χ4n) is 3.89. The molecular formula is C19H21FN4O3S. The predicted molar refractivity (Wildman–Crippen MR) is 103 cm³/mol. The van der Waals surface area contributed by atoms with Gasteiger partial charge in [-0.2, -0.15) is 5.10 Å². The summed E-state index contributed by atoms with van der Waals surface area (Å²) in [6.45, 7) is 3.74. The summed E-state index contributed by atoms with van der Waals surface area (Å²) in [5, 5.41) is 4.59. The zero-order chi connectivity index (χ0) is 20.1. The van der Waals surface area contributed by atoms with E-state index in [1.807, 2.05) is 13.8 Å². The molecule has 7 nitrogen and oxygen atoms in total. The molecule has 148 valence electrons. The van der Waals surface area contributed by atoms with Crippen LogP contribution in [0.1, 0.15) is 23.9 Å². The van der Waals surface area contributed by atoms with E-state index in [0.29, 0.717) is 18.0 Å². The fraction of sp³-hybridized carbons (Fsp3) is 0.368. The van der Waals surface area contributed by atoms with Crippen LogP contribution in [0.15, 0.2) is 30.6 Å². The van der Waals surface area contributed by atoms with Crippen molar-refractivity contribution in [2.75, 3.05) is 18.6 Å². The van der Waals surface area contributed by atoms with Crippen molar-refractivity contribution in [3.05, 3.63) is 47.8 Å². The largest absolute Gasteiger partial charge is 0.496 e. The van der Waals surface area contributed by atoms with E-state index in [-0.39, 0.29) is 23.1 Å². The number of sulfone groups is 1. The monoisotopic (exact) mass is 404 g/mol. The second-order valence-electron chi connectivity index (χ2n) is 6.96. The van der Waals surface area contributed by atoms with Crippen molar-refractivity contribution < 1.29 is 17.5 Å². The molecule has 1 fully saturated rings. The first-order valence-corrected chi connectivity index (χ1v) is 10.8. The van der Waals surface area contributed by atoms with Crippen molar-refractivity contribution in [3.63, 3.8) is 0 Å². The third kappa shape index (κ3) is 2.99. The van der Waals surface area contributed by atoms with Gasteiger partial charge >= 0.3 is 0 Å². The summed E-state index contributed by atoms with van der Waals surface area (Å²) < 4.78 is 47.3. The van der Waals surface area contributed by atoms with Crippen LogP contribution in [0, 0.1) is 19.7 Å². The van der Waals surface area contributed by atoms with E-state index < -0.39 is 15.7 Å². The van der Waals surface area contributed by atoms with Crippen LogP contribution in [0.3, 0.4) is 0 Å². The third-order valence-electron chi connectivity index (χ3n) is 5.14. The van der Waals surface area contributed by atoms with Crippen molar-refractivity contribution in [1.82, 2.24) is 19.3 Å². The first kappa shape index (κ1) is 18.7. The number of aromatic nitrogens is 4. The maximum absolute atomic E-state index is 14.6. The number of aryl methyl sites for hydroxylation is 1. The summed E-state index contributed by atoms with van der Waals surface area (Å²) >= 11 is 0. The number of rotatable bonds is 4. The van der Waals surface area contributed by atoms with E-state index in [1.165, 1.54) is 13.2 Å². The van der Waals surface area contributed by atoms with Crippen LogP contribution < -0.4 is 4.74 Å². The van der Waals surface area contributed by atoms with Gasteiger partial charge in [0, 0.05) is 12.4 Å². The van der Waals surface area contributed by atoms with Gasteiger partial charge in [-0.15, -0.1) is 0 Å². The van der Waals surface area contributed by atoms with Crippen LogP contribution in [0.5, 0.6) is 5.75 Å². The molecule has 0 aliphatic carbocycles. The lowest BCUT2D eigenvalue weighted by Gasteiger charge is -2.14. The van der Waals surface area contributed by atoms with Crippen LogP contribution in [-0.2, 0) is 9.84 Å². The number of hydrogen-bond acceptors (Lipinski definition) is 5. The zero-order valence-electron chi connectivity index (χ0n) is 15.9. The Labute approximate surface area is 162 Å². The molecule has 9 heteroatoms. The Morgan fingerprint density at radius 1 is 1.29 bits per heavy atom. The number of halogens is 1. The smallest absolute Gasteiger partial charge is 0.152 e. The van der Waals surface area contributed by atoms with Gasteiger partial charge in [0.2, 0.25) is 0 Å². The number of imidazole rings is 1. The molecule has 0 saturated carbocycles.